The van der Waals surface area contributed by atoms with E-state index in [9.17, 15) is 9.90 Å². The van der Waals surface area contributed by atoms with Crippen molar-refractivity contribution in [2.75, 3.05) is 0 Å². The van der Waals surface area contributed by atoms with Crippen LogP contribution in [0.2, 0.25) is 18.1 Å². The fraction of sp³-hybridized carbons (Fsp3) is 0.812. The van der Waals surface area contributed by atoms with Crippen LogP contribution in [-0.2, 0) is 14.0 Å². The molecule has 122 valence electrons. The van der Waals surface area contributed by atoms with E-state index in [1.54, 1.807) is 27.7 Å². The quantitative estimate of drug-likeness (QED) is 0.376. The SMILES string of the molecule is C[C@H](O[Si](C)(C)C(C)(C)C)[C@@H](O)C#CC(=O)OC(C)(C)C. The molecule has 1 N–H and O–H groups in total. The Balaban J connectivity index is 4.69. The van der Waals surface area contributed by atoms with E-state index >= 15 is 0 Å². The molecule has 0 radical (unpaired) electrons. The van der Waals surface area contributed by atoms with Crippen LogP contribution in [0.15, 0.2) is 0 Å². The molecule has 0 unspecified atom stereocenters. The second kappa shape index (κ2) is 6.95. The Kier molecular flexibility index (Phi) is 6.68. The molecule has 0 amide bonds. The van der Waals surface area contributed by atoms with Gasteiger partial charge in [-0.05, 0) is 45.8 Å². The van der Waals surface area contributed by atoms with Gasteiger partial charge in [0.05, 0.1) is 6.10 Å². The number of ether oxygens (including phenoxy) is 1. The molecule has 0 fully saturated rings. The van der Waals surface area contributed by atoms with Crippen LogP contribution in [0, 0.1) is 11.8 Å². The standard InChI is InChI=1S/C16H30O4Si/c1-12(20-21(8,9)16(5,6)7)13(17)10-11-14(18)19-15(2,3)4/h12-13,17H,1-9H3/t12-,13-/m0/s1. The van der Waals surface area contributed by atoms with Crippen LogP contribution in [-0.4, -0.2) is 37.2 Å². The Morgan fingerprint density at radius 3 is 2.00 bits per heavy atom. The van der Waals surface area contributed by atoms with Crippen molar-refractivity contribution in [1.82, 2.24) is 0 Å². The number of aliphatic hydroxyl groups is 1. The van der Waals surface area contributed by atoms with Crippen LogP contribution in [0.4, 0.5) is 0 Å². The second-order valence-electron chi connectivity index (χ2n) is 7.80. The molecule has 0 saturated heterocycles. The van der Waals surface area contributed by atoms with Crippen molar-refractivity contribution in [3.63, 3.8) is 0 Å². The molecule has 0 aliphatic heterocycles. The number of esters is 1. The van der Waals surface area contributed by atoms with Gasteiger partial charge in [-0.15, -0.1) is 0 Å². The first-order valence-electron chi connectivity index (χ1n) is 7.26. The molecule has 2 atom stereocenters. The molecule has 0 rings (SSSR count). The van der Waals surface area contributed by atoms with E-state index in [-0.39, 0.29) is 5.04 Å². The molecule has 0 aromatic heterocycles. The summed E-state index contributed by atoms with van der Waals surface area (Å²) in [6.45, 7) is 17.7. The number of hydrogen-bond acceptors (Lipinski definition) is 4. The molecular weight excluding hydrogens is 284 g/mol. The summed E-state index contributed by atoms with van der Waals surface area (Å²) in [6, 6.07) is 0. The van der Waals surface area contributed by atoms with Gasteiger partial charge in [-0.25, -0.2) is 4.79 Å². The van der Waals surface area contributed by atoms with E-state index in [2.05, 4.69) is 45.7 Å². The molecule has 0 aromatic rings. The highest BCUT2D eigenvalue weighted by atomic mass is 28.4. The summed E-state index contributed by atoms with van der Waals surface area (Å²) in [5.41, 5.74) is -0.583. The molecular formula is C16H30O4Si. The Morgan fingerprint density at radius 1 is 1.14 bits per heavy atom. The largest absolute Gasteiger partial charge is 0.450 e. The van der Waals surface area contributed by atoms with E-state index < -0.39 is 32.1 Å². The van der Waals surface area contributed by atoms with Crippen molar-refractivity contribution >= 4 is 14.3 Å². The first kappa shape index (κ1) is 20.2. The Bertz CT molecular complexity index is 418. The summed E-state index contributed by atoms with van der Waals surface area (Å²) >= 11 is 0. The van der Waals surface area contributed by atoms with Crippen LogP contribution in [0.25, 0.3) is 0 Å². The Hall–Kier alpha value is -0.833. The normalized spacial score (nSPS) is 15.7. The molecule has 0 saturated carbocycles. The molecule has 5 heteroatoms. The summed E-state index contributed by atoms with van der Waals surface area (Å²) in [4.78, 5) is 11.5. The van der Waals surface area contributed by atoms with Crippen molar-refractivity contribution in [1.29, 1.82) is 0 Å². The minimum Gasteiger partial charge on any atom is -0.450 e. The summed E-state index contributed by atoms with van der Waals surface area (Å²) < 4.78 is 11.1. The van der Waals surface area contributed by atoms with Gasteiger partial charge < -0.3 is 14.3 Å². The van der Waals surface area contributed by atoms with Gasteiger partial charge in [-0.2, -0.15) is 0 Å². The maximum Gasteiger partial charge on any atom is 0.384 e. The van der Waals surface area contributed by atoms with Crippen LogP contribution in [0.3, 0.4) is 0 Å². The maximum absolute atomic E-state index is 11.5. The summed E-state index contributed by atoms with van der Waals surface area (Å²) in [6.07, 6.45) is -1.45. The lowest BCUT2D eigenvalue weighted by Gasteiger charge is -2.38. The lowest BCUT2D eigenvalue weighted by molar-refractivity contribution is -0.147. The predicted molar refractivity (Wildman–Crippen MR) is 87.4 cm³/mol. The Morgan fingerprint density at radius 2 is 1.62 bits per heavy atom. The fourth-order valence-electron chi connectivity index (χ4n) is 1.26. The summed E-state index contributed by atoms with van der Waals surface area (Å²) in [7, 11) is -1.97. The topological polar surface area (TPSA) is 55.8 Å². The fourth-order valence-corrected chi connectivity index (χ4v) is 2.67. The maximum atomic E-state index is 11.5. The van der Waals surface area contributed by atoms with E-state index in [4.69, 9.17) is 9.16 Å². The average Bonchev–Trinajstić information content (AvgIpc) is 2.21. The molecule has 21 heavy (non-hydrogen) atoms. The Labute approximate surface area is 130 Å². The molecule has 0 aliphatic rings. The van der Waals surface area contributed by atoms with Crippen molar-refractivity contribution in [2.24, 2.45) is 0 Å². The van der Waals surface area contributed by atoms with Crippen molar-refractivity contribution in [3.05, 3.63) is 0 Å². The monoisotopic (exact) mass is 314 g/mol. The van der Waals surface area contributed by atoms with E-state index in [0.29, 0.717) is 0 Å². The lowest BCUT2D eigenvalue weighted by Crippen LogP contribution is -2.45. The third-order valence-electron chi connectivity index (χ3n) is 3.45. The van der Waals surface area contributed by atoms with Crippen molar-refractivity contribution < 1.29 is 19.1 Å². The first-order chi connectivity index (χ1) is 9.16. The lowest BCUT2D eigenvalue weighted by atomic mass is 10.2. The average molecular weight is 314 g/mol. The van der Waals surface area contributed by atoms with Crippen molar-refractivity contribution in [2.45, 2.75) is 84.4 Å². The minimum atomic E-state index is -1.97. The van der Waals surface area contributed by atoms with E-state index in [0.717, 1.165) is 0 Å². The van der Waals surface area contributed by atoms with Crippen LogP contribution in [0.5, 0.6) is 0 Å². The number of hydrogen-bond donors (Lipinski definition) is 1. The second-order valence-corrected chi connectivity index (χ2v) is 12.6. The summed E-state index contributed by atoms with van der Waals surface area (Å²) in [5.74, 6) is 4.19. The van der Waals surface area contributed by atoms with Gasteiger partial charge >= 0.3 is 5.97 Å². The smallest absolute Gasteiger partial charge is 0.384 e. The van der Waals surface area contributed by atoms with Gasteiger partial charge in [-0.1, -0.05) is 26.7 Å². The number of aliphatic hydroxyl groups excluding tert-OH is 1. The molecule has 0 aliphatic carbocycles. The van der Waals surface area contributed by atoms with Crippen molar-refractivity contribution in [3.8, 4) is 11.8 Å². The molecule has 0 heterocycles. The van der Waals surface area contributed by atoms with E-state index in [1.807, 2.05) is 0 Å². The number of carbonyl (C=O) groups is 1. The summed E-state index contributed by atoms with van der Waals surface area (Å²) in [5, 5.41) is 10.1. The molecule has 4 nitrogen and oxygen atoms in total. The third-order valence-corrected chi connectivity index (χ3v) is 8.03. The van der Waals surface area contributed by atoms with Crippen LogP contribution in [0.1, 0.15) is 48.5 Å². The van der Waals surface area contributed by atoms with Crippen LogP contribution < -0.4 is 0 Å². The highest BCUT2D eigenvalue weighted by molar-refractivity contribution is 6.74. The van der Waals surface area contributed by atoms with Gasteiger partial charge in [-0.3, -0.25) is 0 Å². The third kappa shape index (κ3) is 7.65. The van der Waals surface area contributed by atoms with Gasteiger partial charge in [0, 0.05) is 5.92 Å². The molecule has 0 bridgehead atoms. The van der Waals surface area contributed by atoms with Gasteiger partial charge in [0.1, 0.15) is 11.7 Å². The molecule has 0 spiro atoms. The molecule has 0 aromatic carbocycles. The van der Waals surface area contributed by atoms with Crippen LogP contribution >= 0.6 is 0 Å². The zero-order valence-corrected chi connectivity index (χ0v) is 15.8. The number of carbonyl (C=O) groups excluding carboxylic acids is 1. The highest BCUT2D eigenvalue weighted by Crippen LogP contribution is 2.37. The minimum absolute atomic E-state index is 0.0551. The highest BCUT2D eigenvalue weighted by Gasteiger charge is 2.39. The van der Waals surface area contributed by atoms with Gasteiger partial charge in [0.25, 0.3) is 0 Å². The van der Waals surface area contributed by atoms with E-state index in [1.165, 1.54) is 0 Å². The zero-order chi connectivity index (χ0) is 17.1. The number of rotatable bonds is 3. The predicted octanol–water partition coefficient (Wildman–Crippen LogP) is 3.10. The van der Waals surface area contributed by atoms with Gasteiger partial charge in [0.15, 0.2) is 8.32 Å². The first-order valence-corrected chi connectivity index (χ1v) is 10.2. The zero-order valence-electron chi connectivity index (χ0n) is 14.8. The van der Waals surface area contributed by atoms with Gasteiger partial charge in [0.2, 0.25) is 0 Å².